The van der Waals surface area contributed by atoms with Crippen molar-refractivity contribution >= 4 is 5.97 Å². The second-order valence-electron chi connectivity index (χ2n) is 5.70. The molecule has 0 spiro atoms. The zero-order valence-corrected chi connectivity index (χ0v) is 13.1. The molecule has 0 bridgehead atoms. The number of carbonyl (C=O) groups excluding carboxylic acids is 1. The molecule has 2 rings (SSSR count). The second-order valence-corrected chi connectivity index (χ2v) is 5.70. The number of rotatable bonds is 5. The van der Waals surface area contributed by atoms with E-state index in [2.05, 4.69) is 10.00 Å². The minimum atomic E-state index is -0.306. The fourth-order valence-electron chi connectivity index (χ4n) is 2.83. The Labute approximate surface area is 125 Å². The molecule has 1 saturated heterocycles. The highest BCUT2D eigenvalue weighted by Gasteiger charge is 2.25. The molecular weight excluding hydrogens is 270 g/mol. The third-order valence-corrected chi connectivity index (χ3v) is 4.24. The lowest BCUT2D eigenvalue weighted by molar-refractivity contribution is 0.0520. The fourth-order valence-corrected chi connectivity index (χ4v) is 2.83. The average Bonchev–Trinajstić information content (AvgIpc) is 2.81. The lowest BCUT2D eigenvalue weighted by Gasteiger charge is -2.33. The van der Waals surface area contributed by atoms with Crippen molar-refractivity contribution < 1.29 is 14.6 Å². The third-order valence-electron chi connectivity index (χ3n) is 4.24. The highest BCUT2D eigenvalue weighted by Crippen LogP contribution is 2.22. The first-order chi connectivity index (χ1) is 10.0. The Bertz CT molecular complexity index is 477. The van der Waals surface area contributed by atoms with E-state index in [1.54, 1.807) is 17.8 Å². The van der Waals surface area contributed by atoms with Gasteiger partial charge in [0.15, 0.2) is 0 Å². The lowest BCUT2D eigenvalue weighted by atomic mass is 9.92. The molecule has 1 aromatic heterocycles. The standard InChI is InChI=1S/C15H25N3O3/c1-4-21-15(20)13-9-16-17(3)14(13)10-18-7-5-12(6-8-18)11(2)19/h9,11-12,19H,4-8,10H2,1-3H3. The number of hydrogen-bond acceptors (Lipinski definition) is 5. The van der Waals surface area contributed by atoms with Gasteiger partial charge in [0.05, 0.1) is 24.6 Å². The van der Waals surface area contributed by atoms with Gasteiger partial charge in [0.2, 0.25) is 0 Å². The molecule has 118 valence electrons. The topological polar surface area (TPSA) is 67.6 Å². The molecule has 1 aliphatic rings. The molecule has 6 nitrogen and oxygen atoms in total. The number of nitrogens with zero attached hydrogens (tertiary/aromatic N) is 3. The van der Waals surface area contributed by atoms with Crippen LogP contribution in [-0.4, -0.2) is 51.6 Å². The summed E-state index contributed by atoms with van der Waals surface area (Å²) in [6, 6.07) is 0. The zero-order valence-electron chi connectivity index (χ0n) is 13.1. The van der Waals surface area contributed by atoms with Crippen LogP contribution in [0.5, 0.6) is 0 Å². The van der Waals surface area contributed by atoms with E-state index in [9.17, 15) is 9.90 Å². The molecule has 1 N–H and O–H groups in total. The fraction of sp³-hybridized carbons (Fsp3) is 0.733. The van der Waals surface area contributed by atoms with Crippen LogP contribution in [0.1, 0.15) is 42.7 Å². The lowest BCUT2D eigenvalue weighted by Crippen LogP contribution is -2.37. The summed E-state index contributed by atoms with van der Waals surface area (Å²) in [4.78, 5) is 14.2. The number of piperidine rings is 1. The van der Waals surface area contributed by atoms with Crippen LogP contribution in [0.15, 0.2) is 6.20 Å². The summed E-state index contributed by atoms with van der Waals surface area (Å²) in [5.74, 6) is 0.0804. The number of aryl methyl sites for hydroxylation is 1. The first-order valence-corrected chi connectivity index (χ1v) is 7.61. The number of aliphatic hydroxyl groups excluding tert-OH is 1. The molecule has 1 fully saturated rings. The van der Waals surface area contributed by atoms with Crippen LogP contribution in [0.4, 0.5) is 0 Å². The number of aromatic nitrogens is 2. The van der Waals surface area contributed by atoms with Gasteiger partial charge in [-0.3, -0.25) is 9.58 Å². The van der Waals surface area contributed by atoms with E-state index in [1.807, 2.05) is 14.0 Å². The maximum absolute atomic E-state index is 11.9. The van der Waals surface area contributed by atoms with Gasteiger partial charge in [-0.15, -0.1) is 0 Å². The molecule has 0 aromatic carbocycles. The predicted octanol–water partition coefficient (Wildman–Crippen LogP) is 1.19. The van der Waals surface area contributed by atoms with Crippen molar-refractivity contribution in [2.75, 3.05) is 19.7 Å². The van der Waals surface area contributed by atoms with Gasteiger partial charge in [-0.25, -0.2) is 4.79 Å². The van der Waals surface area contributed by atoms with Gasteiger partial charge in [-0.05, 0) is 45.7 Å². The van der Waals surface area contributed by atoms with Crippen LogP contribution in [0.3, 0.4) is 0 Å². The van der Waals surface area contributed by atoms with Gasteiger partial charge in [0.25, 0.3) is 0 Å². The van der Waals surface area contributed by atoms with E-state index in [0.29, 0.717) is 24.6 Å². The van der Waals surface area contributed by atoms with Gasteiger partial charge in [-0.1, -0.05) is 0 Å². The summed E-state index contributed by atoms with van der Waals surface area (Å²) in [6.07, 6.45) is 3.32. The monoisotopic (exact) mass is 295 g/mol. The van der Waals surface area contributed by atoms with Gasteiger partial charge in [0.1, 0.15) is 5.56 Å². The van der Waals surface area contributed by atoms with E-state index in [-0.39, 0.29) is 12.1 Å². The smallest absolute Gasteiger partial charge is 0.341 e. The van der Waals surface area contributed by atoms with Crippen molar-refractivity contribution in [3.05, 3.63) is 17.5 Å². The van der Waals surface area contributed by atoms with E-state index in [4.69, 9.17) is 4.74 Å². The Balaban J connectivity index is 2.00. The molecule has 1 atom stereocenters. The SMILES string of the molecule is CCOC(=O)c1cnn(C)c1CN1CCC(C(C)O)CC1. The van der Waals surface area contributed by atoms with E-state index < -0.39 is 0 Å². The van der Waals surface area contributed by atoms with Crippen molar-refractivity contribution in [1.29, 1.82) is 0 Å². The Kier molecular flexibility index (Phi) is 5.36. The number of aliphatic hydroxyl groups is 1. The number of hydrogen-bond donors (Lipinski definition) is 1. The molecule has 21 heavy (non-hydrogen) atoms. The van der Waals surface area contributed by atoms with Crippen molar-refractivity contribution in [2.45, 2.75) is 39.3 Å². The van der Waals surface area contributed by atoms with Gasteiger partial charge in [-0.2, -0.15) is 5.10 Å². The van der Waals surface area contributed by atoms with Crippen molar-refractivity contribution in [2.24, 2.45) is 13.0 Å². The number of likely N-dealkylation sites (tertiary alicyclic amines) is 1. The van der Waals surface area contributed by atoms with E-state index in [1.165, 1.54) is 0 Å². The molecule has 0 amide bonds. The van der Waals surface area contributed by atoms with Crippen molar-refractivity contribution in [3.8, 4) is 0 Å². The highest BCUT2D eigenvalue weighted by atomic mass is 16.5. The van der Waals surface area contributed by atoms with Crippen LogP contribution in [-0.2, 0) is 18.3 Å². The molecule has 0 radical (unpaired) electrons. The highest BCUT2D eigenvalue weighted by molar-refractivity contribution is 5.90. The van der Waals surface area contributed by atoms with Crippen LogP contribution in [0.25, 0.3) is 0 Å². The average molecular weight is 295 g/mol. The van der Waals surface area contributed by atoms with Gasteiger partial charge >= 0.3 is 5.97 Å². The third kappa shape index (κ3) is 3.83. The van der Waals surface area contributed by atoms with E-state index >= 15 is 0 Å². The molecule has 2 heterocycles. The van der Waals surface area contributed by atoms with Crippen molar-refractivity contribution in [3.63, 3.8) is 0 Å². The first kappa shape index (κ1) is 16.0. The maximum atomic E-state index is 11.9. The summed E-state index contributed by atoms with van der Waals surface area (Å²) in [5.41, 5.74) is 1.45. The van der Waals surface area contributed by atoms with Gasteiger partial charge < -0.3 is 9.84 Å². The number of esters is 1. The van der Waals surface area contributed by atoms with E-state index in [0.717, 1.165) is 31.6 Å². The zero-order chi connectivity index (χ0) is 15.4. The van der Waals surface area contributed by atoms with Crippen molar-refractivity contribution in [1.82, 2.24) is 14.7 Å². The molecule has 1 unspecified atom stereocenters. The minimum absolute atomic E-state index is 0.237. The summed E-state index contributed by atoms with van der Waals surface area (Å²) >= 11 is 0. The Morgan fingerprint density at radius 3 is 2.76 bits per heavy atom. The Hall–Kier alpha value is -1.40. The van der Waals surface area contributed by atoms with Crippen LogP contribution in [0, 0.1) is 5.92 Å². The number of carbonyl (C=O) groups is 1. The molecular formula is C15H25N3O3. The Morgan fingerprint density at radius 2 is 2.19 bits per heavy atom. The van der Waals surface area contributed by atoms with Crippen LogP contribution >= 0.6 is 0 Å². The molecule has 6 heteroatoms. The molecule has 0 saturated carbocycles. The summed E-state index contributed by atoms with van der Waals surface area (Å²) in [6.45, 7) is 6.59. The molecule has 1 aliphatic heterocycles. The first-order valence-electron chi connectivity index (χ1n) is 7.61. The summed E-state index contributed by atoms with van der Waals surface area (Å²) < 4.78 is 6.82. The molecule has 1 aromatic rings. The molecule has 0 aliphatic carbocycles. The minimum Gasteiger partial charge on any atom is -0.462 e. The predicted molar refractivity (Wildman–Crippen MR) is 78.8 cm³/mol. The summed E-state index contributed by atoms with van der Waals surface area (Å²) in [7, 11) is 1.85. The largest absolute Gasteiger partial charge is 0.462 e. The quantitative estimate of drug-likeness (QED) is 0.827. The second kappa shape index (κ2) is 7.04. The van der Waals surface area contributed by atoms with Crippen LogP contribution < -0.4 is 0 Å². The normalized spacial score (nSPS) is 18.7. The van der Waals surface area contributed by atoms with Crippen LogP contribution in [0.2, 0.25) is 0 Å². The van der Waals surface area contributed by atoms with Gasteiger partial charge in [0, 0.05) is 13.6 Å². The summed E-state index contributed by atoms with van der Waals surface area (Å²) in [5, 5.41) is 13.8. The Morgan fingerprint density at radius 1 is 1.52 bits per heavy atom. The number of ether oxygens (including phenoxy) is 1. The maximum Gasteiger partial charge on any atom is 0.341 e.